The molecule has 1 N–H and O–H groups in total. The van der Waals surface area contributed by atoms with E-state index < -0.39 is 5.97 Å². The van der Waals surface area contributed by atoms with Crippen LogP contribution in [0.25, 0.3) is 0 Å². The monoisotopic (exact) mass is 178 g/mol. The van der Waals surface area contributed by atoms with Crippen molar-refractivity contribution < 1.29 is 9.90 Å². The van der Waals surface area contributed by atoms with Crippen LogP contribution in [0.5, 0.6) is 0 Å². The number of hydrogen-bond donors (Lipinski definition) is 1. The number of carboxylic acid groups (broad SMARTS) is 1. The van der Waals surface area contributed by atoms with Crippen molar-refractivity contribution >= 4 is 5.97 Å². The summed E-state index contributed by atoms with van der Waals surface area (Å²) in [7, 11) is 0. The summed E-state index contributed by atoms with van der Waals surface area (Å²) in [6.07, 6.45) is 10.0. The molecule has 0 saturated heterocycles. The maximum Gasteiger partial charge on any atom is 0.328 e. The van der Waals surface area contributed by atoms with Gasteiger partial charge in [-0.1, -0.05) is 23.8 Å². The minimum Gasteiger partial charge on any atom is -0.478 e. The number of aliphatic carboxylic acids is 1. The molecule has 13 heavy (non-hydrogen) atoms. The fourth-order valence-corrected chi connectivity index (χ4v) is 1.45. The molecule has 1 rings (SSSR count). The van der Waals surface area contributed by atoms with E-state index in [1.165, 1.54) is 24.0 Å². The second-order valence-corrected chi connectivity index (χ2v) is 3.22. The molecule has 0 heterocycles. The third-order valence-corrected chi connectivity index (χ3v) is 2.19. The number of carbonyl (C=O) groups is 1. The van der Waals surface area contributed by atoms with Crippen LogP contribution in [0.2, 0.25) is 0 Å². The van der Waals surface area contributed by atoms with Gasteiger partial charge in [0.1, 0.15) is 0 Å². The van der Waals surface area contributed by atoms with Gasteiger partial charge in [0, 0.05) is 6.08 Å². The molecule has 0 aromatic carbocycles. The molecule has 0 aromatic heterocycles. The summed E-state index contributed by atoms with van der Waals surface area (Å²) >= 11 is 0. The Morgan fingerprint density at radius 3 is 2.69 bits per heavy atom. The fraction of sp³-hybridized carbons (Fsp3) is 0.364. The quantitative estimate of drug-likeness (QED) is 0.533. The second-order valence-electron chi connectivity index (χ2n) is 3.22. The summed E-state index contributed by atoms with van der Waals surface area (Å²) < 4.78 is 0. The number of rotatable bonds is 3. The first kappa shape index (κ1) is 9.78. The normalized spacial score (nSPS) is 17.9. The van der Waals surface area contributed by atoms with E-state index in [1.807, 2.05) is 6.08 Å². The minimum atomic E-state index is -0.901. The van der Waals surface area contributed by atoms with Crippen LogP contribution in [0.4, 0.5) is 0 Å². The van der Waals surface area contributed by atoms with Crippen LogP contribution in [-0.4, -0.2) is 11.1 Å². The van der Waals surface area contributed by atoms with E-state index in [2.05, 4.69) is 6.92 Å². The first-order chi connectivity index (χ1) is 6.20. The van der Waals surface area contributed by atoms with Crippen molar-refractivity contribution in [1.29, 1.82) is 0 Å². The molecule has 2 nitrogen and oxygen atoms in total. The molecule has 0 bridgehead atoms. The van der Waals surface area contributed by atoms with Crippen LogP contribution in [0.3, 0.4) is 0 Å². The summed E-state index contributed by atoms with van der Waals surface area (Å²) in [5.74, 6) is -0.901. The van der Waals surface area contributed by atoms with Crippen LogP contribution >= 0.6 is 0 Å². The topological polar surface area (TPSA) is 37.3 Å². The van der Waals surface area contributed by atoms with Crippen molar-refractivity contribution in [2.75, 3.05) is 0 Å². The first-order valence-electron chi connectivity index (χ1n) is 4.46. The Morgan fingerprint density at radius 1 is 1.38 bits per heavy atom. The molecule has 0 atom stereocenters. The van der Waals surface area contributed by atoms with Gasteiger partial charge in [-0.05, 0) is 31.8 Å². The average molecular weight is 178 g/mol. The zero-order chi connectivity index (χ0) is 9.68. The van der Waals surface area contributed by atoms with Gasteiger partial charge in [0.05, 0.1) is 0 Å². The third kappa shape index (κ3) is 3.28. The van der Waals surface area contributed by atoms with Crippen molar-refractivity contribution in [2.24, 2.45) is 0 Å². The van der Waals surface area contributed by atoms with Gasteiger partial charge in [-0.15, -0.1) is 0 Å². The highest BCUT2D eigenvalue weighted by atomic mass is 16.4. The van der Waals surface area contributed by atoms with Crippen molar-refractivity contribution in [3.05, 3.63) is 35.5 Å². The molecular formula is C11H14O2. The third-order valence-electron chi connectivity index (χ3n) is 2.19. The van der Waals surface area contributed by atoms with Gasteiger partial charge in [0.2, 0.25) is 0 Å². The van der Waals surface area contributed by atoms with Crippen LogP contribution in [-0.2, 0) is 4.79 Å². The molecule has 0 aliphatic heterocycles. The van der Waals surface area contributed by atoms with E-state index in [1.54, 1.807) is 12.2 Å². The lowest BCUT2D eigenvalue weighted by atomic mass is 10.1. The summed E-state index contributed by atoms with van der Waals surface area (Å²) in [6, 6.07) is 0. The summed E-state index contributed by atoms with van der Waals surface area (Å²) in [5, 5.41) is 8.32. The van der Waals surface area contributed by atoms with Crippen LogP contribution in [0.15, 0.2) is 35.5 Å². The van der Waals surface area contributed by atoms with Gasteiger partial charge in [0.25, 0.3) is 0 Å². The Bertz CT molecular complexity index is 282. The molecule has 0 radical (unpaired) electrons. The van der Waals surface area contributed by atoms with Crippen molar-refractivity contribution in [2.45, 2.75) is 26.2 Å². The largest absolute Gasteiger partial charge is 0.478 e. The van der Waals surface area contributed by atoms with Gasteiger partial charge in [0.15, 0.2) is 0 Å². The Hall–Kier alpha value is -1.31. The van der Waals surface area contributed by atoms with E-state index in [0.29, 0.717) is 0 Å². The average Bonchev–Trinajstić information content (AvgIpc) is 2.45. The Kier molecular flexibility index (Phi) is 3.50. The Morgan fingerprint density at radius 2 is 2.15 bits per heavy atom. The predicted molar refractivity (Wildman–Crippen MR) is 52.5 cm³/mol. The van der Waals surface area contributed by atoms with Crippen LogP contribution < -0.4 is 0 Å². The molecule has 0 aromatic rings. The van der Waals surface area contributed by atoms with Gasteiger partial charge >= 0.3 is 5.97 Å². The van der Waals surface area contributed by atoms with Crippen LogP contribution in [0.1, 0.15) is 26.2 Å². The molecule has 1 aliphatic rings. The van der Waals surface area contributed by atoms with E-state index in [0.717, 1.165) is 12.5 Å². The van der Waals surface area contributed by atoms with Gasteiger partial charge < -0.3 is 5.11 Å². The lowest BCUT2D eigenvalue weighted by Gasteiger charge is -1.92. The van der Waals surface area contributed by atoms with Crippen molar-refractivity contribution in [3.63, 3.8) is 0 Å². The van der Waals surface area contributed by atoms with Crippen molar-refractivity contribution in [3.8, 4) is 0 Å². The number of hydrogen-bond acceptors (Lipinski definition) is 1. The highest BCUT2D eigenvalue weighted by molar-refractivity contribution is 5.80. The summed E-state index contributed by atoms with van der Waals surface area (Å²) in [4.78, 5) is 10.1. The van der Waals surface area contributed by atoms with Gasteiger partial charge in [-0.3, -0.25) is 0 Å². The van der Waals surface area contributed by atoms with E-state index >= 15 is 0 Å². The fourth-order valence-electron chi connectivity index (χ4n) is 1.45. The smallest absolute Gasteiger partial charge is 0.328 e. The second kappa shape index (κ2) is 4.65. The Labute approximate surface area is 78.3 Å². The van der Waals surface area contributed by atoms with E-state index in [-0.39, 0.29) is 0 Å². The molecule has 1 aliphatic carbocycles. The Balaban J connectivity index is 2.49. The molecular weight excluding hydrogens is 164 g/mol. The minimum absolute atomic E-state index is 0.901. The molecule has 2 heteroatoms. The predicted octanol–water partition coefficient (Wildman–Crippen LogP) is 2.68. The molecule has 0 fully saturated rings. The van der Waals surface area contributed by atoms with Gasteiger partial charge in [-0.25, -0.2) is 4.79 Å². The first-order valence-corrected chi connectivity index (χ1v) is 4.46. The number of allylic oxidation sites excluding steroid dienone is 5. The molecule has 0 amide bonds. The zero-order valence-electron chi connectivity index (χ0n) is 7.79. The lowest BCUT2D eigenvalue weighted by Crippen LogP contribution is -1.84. The standard InChI is InChI=1S/C11H14O2/c1-9-5-4-7-10(9)6-2-3-8-11(12)13/h2-3,6,8H,4-5,7H2,1H3,(H,12,13)/b6-2+,8-3+. The zero-order valence-corrected chi connectivity index (χ0v) is 7.79. The number of carboxylic acids is 1. The van der Waals surface area contributed by atoms with Crippen LogP contribution in [0, 0.1) is 0 Å². The highest BCUT2D eigenvalue weighted by Crippen LogP contribution is 2.25. The summed E-state index contributed by atoms with van der Waals surface area (Å²) in [5.41, 5.74) is 2.79. The summed E-state index contributed by atoms with van der Waals surface area (Å²) in [6.45, 7) is 2.13. The van der Waals surface area contributed by atoms with Gasteiger partial charge in [-0.2, -0.15) is 0 Å². The molecule has 0 spiro atoms. The van der Waals surface area contributed by atoms with E-state index in [4.69, 9.17) is 5.11 Å². The highest BCUT2D eigenvalue weighted by Gasteiger charge is 2.06. The lowest BCUT2D eigenvalue weighted by molar-refractivity contribution is -0.131. The van der Waals surface area contributed by atoms with E-state index in [9.17, 15) is 4.79 Å². The maximum absolute atomic E-state index is 10.1. The maximum atomic E-state index is 10.1. The molecule has 70 valence electrons. The molecule has 0 saturated carbocycles. The SMILES string of the molecule is CC1=C(/C=C/C=C/C(=O)O)CCC1. The molecule has 0 unspecified atom stereocenters. The van der Waals surface area contributed by atoms with Crippen molar-refractivity contribution in [1.82, 2.24) is 0 Å².